The molecule has 2 atom stereocenters. The van der Waals surface area contributed by atoms with Gasteiger partial charge in [0, 0.05) is 13.1 Å². The number of nitrogens with zero attached hydrogens (tertiary/aromatic N) is 1. The zero-order valence-electron chi connectivity index (χ0n) is 10.7. The molecule has 0 bridgehead atoms. The second kappa shape index (κ2) is 5.63. The molecule has 17 heavy (non-hydrogen) atoms. The van der Waals surface area contributed by atoms with Gasteiger partial charge in [-0.15, -0.1) is 0 Å². The number of ether oxygens (including phenoxy) is 1. The molecule has 0 saturated carbocycles. The van der Waals surface area contributed by atoms with E-state index in [4.69, 9.17) is 10.5 Å². The lowest BCUT2D eigenvalue weighted by atomic mass is 10.00. The summed E-state index contributed by atoms with van der Waals surface area (Å²) < 4.78 is 5.79. The van der Waals surface area contributed by atoms with Crippen molar-refractivity contribution >= 4 is 0 Å². The first-order valence-electron chi connectivity index (χ1n) is 6.37. The van der Waals surface area contributed by atoms with Crippen molar-refractivity contribution in [2.75, 3.05) is 26.2 Å². The number of hydrogen-bond donors (Lipinski definition) is 1. The van der Waals surface area contributed by atoms with Gasteiger partial charge in [0.05, 0.1) is 18.8 Å². The largest absolute Gasteiger partial charge is 0.374 e. The van der Waals surface area contributed by atoms with Crippen molar-refractivity contribution in [1.82, 2.24) is 4.90 Å². The molecule has 1 aliphatic heterocycles. The van der Waals surface area contributed by atoms with E-state index in [9.17, 15) is 0 Å². The number of likely N-dealkylation sites (N-methyl/N-ethyl adjacent to an activating group) is 1. The highest BCUT2D eigenvalue weighted by atomic mass is 16.5. The van der Waals surface area contributed by atoms with Crippen molar-refractivity contribution in [3.05, 3.63) is 35.4 Å². The maximum Gasteiger partial charge on any atom is 0.0894 e. The third-order valence-corrected chi connectivity index (χ3v) is 3.49. The van der Waals surface area contributed by atoms with Gasteiger partial charge in [-0.3, -0.25) is 4.90 Å². The fourth-order valence-electron chi connectivity index (χ4n) is 2.24. The Balaban J connectivity index is 2.03. The van der Waals surface area contributed by atoms with Gasteiger partial charge in [0.1, 0.15) is 0 Å². The third kappa shape index (κ3) is 3.06. The molecule has 1 aromatic carbocycles. The topological polar surface area (TPSA) is 38.5 Å². The van der Waals surface area contributed by atoms with Crippen LogP contribution < -0.4 is 5.73 Å². The zero-order chi connectivity index (χ0) is 12.3. The van der Waals surface area contributed by atoms with Gasteiger partial charge in [0.2, 0.25) is 0 Å². The van der Waals surface area contributed by atoms with Crippen molar-refractivity contribution in [3.8, 4) is 0 Å². The van der Waals surface area contributed by atoms with Crippen LogP contribution in [0.4, 0.5) is 0 Å². The monoisotopic (exact) mass is 234 g/mol. The van der Waals surface area contributed by atoms with E-state index in [0.29, 0.717) is 0 Å². The molecule has 0 amide bonds. The molecule has 1 aliphatic rings. The van der Waals surface area contributed by atoms with Crippen LogP contribution in [0.2, 0.25) is 0 Å². The molecule has 1 saturated heterocycles. The van der Waals surface area contributed by atoms with Crippen LogP contribution in [0, 0.1) is 6.92 Å². The van der Waals surface area contributed by atoms with Crippen LogP contribution in [0.1, 0.15) is 24.1 Å². The van der Waals surface area contributed by atoms with E-state index in [1.807, 2.05) is 0 Å². The van der Waals surface area contributed by atoms with E-state index in [0.717, 1.165) is 26.2 Å². The number of benzene rings is 1. The quantitative estimate of drug-likeness (QED) is 0.865. The summed E-state index contributed by atoms with van der Waals surface area (Å²) >= 11 is 0. The molecule has 1 fully saturated rings. The summed E-state index contributed by atoms with van der Waals surface area (Å²) in [6, 6.07) is 8.40. The standard InChI is InChI=1S/C14H22N2O/c1-3-16-8-9-17-13(10-16)14(15)12-6-4-11(2)5-7-12/h4-7,13-14H,3,8-10,15H2,1-2H3. The van der Waals surface area contributed by atoms with Gasteiger partial charge in [-0.05, 0) is 19.0 Å². The first-order chi connectivity index (χ1) is 8.20. The summed E-state index contributed by atoms with van der Waals surface area (Å²) in [4.78, 5) is 2.39. The van der Waals surface area contributed by atoms with Crippen molar-refractivity contribution in [2.24, 2.45) is 5.73 Å². The second-order valence-electron chi connectivity index (χ2n) is 4.74. The number of aryl methyl sites for hydroxylation is 1. The zero-order valence-corrected chi connectivity index (χ0v) is 10.7. The summed E-state index contributed by atoms with van der Waals surface area (Å²) in [5.41, 5.74) is 8.71. The summed E-state index contributed by atoms with van der Waals surface area (Å²) in [7, 11) is 0. The molecule has 94 valence electrons. The normalized spacial score (nSPS) is 23.6. The number of nitrogens with two attached hydrogens (primary N) is 1. The van der Waals surface area contributed by atoms with Crippen LogP contribution in [-0.2, 0) is 4.74 Å². The molecule has 1 aromatic rings. The van der Waals surface area contributed by atoms with E-state index in [-0.39, 0.29) is 12.1 Å². The number of morpholine rings is 1. The van der Waals surface area contributed by atoms with Crippen LogP contribution in [0.15, 0.2) is 24.3 Å². The maximum absolute atomic E-state index is 6.29. The molecule has 0 radical (unpaired) electrons. The third-order valence-electron chi connectivity index (χ3n) is 3.49. The van der Waals surface area contributed by atoms with E-state index >= 15 is 0 Å². The first kappa shape index (κ1) is 12.6. The fraction of sp³-hybridized carbons (Fsp3) is 0.571. The fourth-order valence-corrected chi connectivity index (χ4v) is 2.24. The molecule has 0 aromatic heterocycles. The van der Waals surface area contributed by atoms with E-state index in [1.54, 1.807) is 0 Å². The highest BCUT2D eigenvalue weighted by molar-refractivity contribution is 5.24. The van der Waals surface area contributed by atoms with Gasteiger partial charge in [0.25, 0.3) is 0 Å². The molecule has 2 unspecified atom stereocenters. The molecular weight excluding hydrogens is 212 g/mol. The number of rotatable bonds is 3. The molecule has 2 rings (SSSR count). The minimum absolute atomic E-state index is 0.0232. The smallest absolute Gasteiger partial charge is 0.0894 e. The number of hydrogen-bond acceptors (Lipinski definition) is 3. The minimum Gasteiger partial charge on any atom is -0.374 e. The van der Waals surface area contributed by atoms with Gasteiger partial charge < -0.3 is 10.5 Å². The van der Waals surface area contributed by atoms with Crippen LogP contribution in [0.5, 0.6) is 0 Å². The van der Waals surface area contributed by atoms with Gasteiger partial charge >= 0.3 is 0 Å². The Morgan fingerprint density at radius 3 is 2.76 bits per heavy atom. The van der Waals surface area contributed by atoms with Crippen molar-refractivity contribution in [1.29, 1.82) is 0 Å². The lowest BCUT2D eigenvalue weighted by Crippen LogP contribution is -2.46. The van der Waals surface area contributed by atoms with Gasteiger partial charge in [0.15, 0.2) is 0 Å². The Bertz CT molecular complexity index is 350. The van der Waals surface area contributed by atoms with E-state index < -0.39 is 0 Å². The Labute approximate surface area is 104 Å². The molecule has 2 N–H and O–H groups in total. The average Bonchev–Trinajstić information content (AvgIpc) is 2.39. The average molecular weight is 234 g/mol. The summed E-state index contributed by atoms with van der Waals surface area (Å²) in [5, 5.41) is 0. The van der Waals surface area contributed by atoms with Crippen LogP contribution in [0.25, 0.3) is 0 Å². The molecule has 0 aliphatic carbocycles. The first-order valence-corrected chi connectivity index (χ1v) is 6.37. The van der Waals surface area contributed by atoms with Crippen molar-refractivity contribution < 1.29 is 4.74 Å². The van der Waals surface area contributed by atoms with Gasteiger partial charge in [-0.2, -0.15) is 0 Å². The second-order valence-corrected chi connectivity index (χ2v) is 4.74. The van der Waals surface area contributed by atoms with Crippen LogP contribution in [-0.4, -0.2) is 37.2 Å². The molecule has 0 spiro atoms. The Kier molecular flexibility index (Phi) is 4.15. The van der Waals surface area contributed by atoms with Crippen molar-refractivity contribution in [3.63, 3.8) is 0 Å². The SMILES string of the molecule is CCN1CCOC(C(N)c2ccc(C)cc2)C1. The van der Waals surface area contributed by atoms with Crippen molar-refractivity contribution in [2.45, 2.75) is 26.0 Å². The molecule has 3 nitrogen and oxygen atoms in total. The Morgan fingerprint density at radius 2 is 2.12 bits per heavy atom. The van der Waals surface area contributed by atoms with Gasteiger partial charge in [-0.1, -0.05) is 36.8 Å². The highest BCUT2D eigenvalue weighted by Gasteiger charge is 2.25. The maximum atomic E-state index is 6.29. The predicted octanol–water partition coefficient (Wildman–Crippen LogP) is 1.72. The van der Waals surface area contributed by atoms with Gasteiger partial charge in [-0.25, -0.2) is 0 Å². The minimum atomic E-state index is -0.0232. The lowest BCUT2D eigenvalue weighted by molar-refractivity contribution is -0.0392. The summed E-state index contributed by atoms with van der Waals surface area (Å²) in [6.07, 6.45) is 0.117. The highest BCUT2D eigenvalue weighted by Crippen LogP contribution is 2.20. The van der Waals surface area contributed by atoms with E-state index in [2.05, 4.69) is 43.0 Å². The summed E-state index contributed by atoms with van der Waals surface area (Å²) in [5.74, 6) is 0. The molecule has 1 heterocycles. The summed E-state index contributed by atoms with van der Waals surface area (Å²) in [6.45, 7) is 8.09. The van der Waals surface area contributed by atoms with E-state index in [1.165, 1.54) is 11.1 Å². The molecule has 3 heteroatoms. The Morgan fingerprint density at radius 1 is 1.41 bits per heavy atom. The molecular formula is C14H22N2O. The lowest BCUT2D eigenvalue weighted by Gasteiger charge is -2.35. The predicted molar refractivity (Wildman–Crippen MR) is 70.0 cm³/mol. The van der Waals surface area contributed by atoms with Crippen LogP contribution >= 0.6 is 0 Å². The Hall–Kier alpha value is -0.900. The van der Waals surface area contributed by atoms with Crippen LogP contribution in [0.3, 0.4) is 0 Å².